The number of nitrogens with zero attached hydrogens (tertiary/aromatic N) is 2. The first-order chi connectivity index (χ1) is 17.5. The summed E-state index contributed by atoms with van der Waals surface area (Å²) >= 11 is 0. The zero-order valence-electron chi connectivity index (χ0n) is 19.6. The van der Waals surface area contributed by atoms with Gasteiger partial charge in [-0.25, -0.2) is 5.48 Å². The third kappa shape index (κ3) is 6.39. The minimum atomic E-state index is -0.963. The SMILES string of the molecule is O=C(CCCCCC(C(=O)Nc1cnc2ccccc2c1)C(=O)Nc1cnc2ccccc2c1)NO. The topological polar surface area (TPSA) is 133 Å². The van der Waals surface area contributed by atoms with Crippen molar-refractivity contribution in [2.24, 2.45) is 5.92 Å². The number of pyridine rings is 2. The predicted molar refractivity (Wildman–Crippen MR) is 137 cm³/mol. The standard InChI is InChI=1S/C27H27N5O4/c33-25(32-36)13-3-1-2-10-22(26(34)30-20-14-18-8-4-6-11-23(18)28-16-20)27(35)31-21-15-19-9-5-7-12-24(19)29-17-21/h4-9,11-12,14-17,22,36H,1-3,10,13H2,(H,30,34)(H,31,35)(H,32,33). The number of fused-ring (bicyclic) bond motifs is 2. The van der Waals surface area contributed by atoms with Crippen molar-refractivity contribution >= 4 is 50.9 Å². The minimum absolute atomic E-state index is 0.172. The Morgan fingerprint density at radius 3 is 1.81 bits per heavy atom. The summed E-state index contributed by atoms with van der Waals surface area (Å²) in [6.45, 7) is 0. The molecule has 4 N–H and O–H groups in total. The van der Waals surface area contributed by atoms with Crippen LogP contribution in [0.1, 0.15) is 32.1 Å². The van der Waals surface area contributed by atoms with Crippen LogP contribution in [-0.4, -0.2) is 32.9 Å². The van der Waals surface area contributed by atoms with Crippen molar-refractivity contribution in [2.45, 2.75) is 32.1 Å². The molecular weight excluding hydrogens is 458 g/mol. The number of hydroxylamine groups is 1. The molecule has 0 saturated carbocycles. The molecule has 0 radical (unpaired) electrons. The highest BCUT2D eigenvalue weighted by atomic mass is 16.5. The molecule has 36 heavy (non-hydrogen) atoms. The van der Waals surface area contributed by atoms with E-state index in [1.165, 1.54) is 0 Å². The third-order valence-electron chi connectivity index (χ3n) is 5.87. The van der Waals surface area contributed by atoms with Gasteiger partial charge in [0.25, 0.3) is 0 Å². The molecule has 0 saturated heterocycles. The Balaban J connectivity index is 1.46. The van der Waals surface area contributed by atoms with E-state index in [0.29, 0.717) is 37.1 Å². The van der Waals surface area contributed by atoms with E-state index in [1.807, 2.05) is 60.7 Å². The summed E-state index contributed by atoms with van der Waals surface area (Å²) in [5.74, 6) is -2.30. The zero-order valence-corrected chi connectivity index (χ0v) is 19.6. The average Bonchev–Trinajstić information content (AvgIpc) is 2.90. The Bertz CT molecular complexity index is 1300. The smallest absolute Gasteiger partial charge is 0.243 e. The predicted octanol–water partition coefficient (Wildman–Crippen LogP) is 4.43. The van der Waals surface area contributed by atoms with E-state index in [-0.39, 0.29) is 6.42 Å². The summed E-state index contributed by atoms with van der Waals surface area (Å²) in [7, 11) is 0. The highest BCUT2D eigenvalue weighted by Crippen LogP contribution is 2.21. The van der Waals surface area contributed by atoms with Crippen LogP contribution in [0.3, 0.4) is 0 Å². The minimum Gasteiger partial charge on any atom is -0.324 e. The second-order valence-electron chi connectivity index (χ2n) is 8.50. The number of carbonyl (C=O) groups is 3. The van der Waals surface area contributed by atoms with Crippen LogP contribution in [0.5, 0.6) is 0 Å². The van der Waals surface area contributed by atoms with E-state index >= 15 is 0 Å². The second-order valence-corrected chi connectivity index (χ2v) is 8.50. The first kappa shape index (κ1) is 24.7. The second kappa shape index (κ2) is 11.9. The molecule has 0 aliphatic carbocycles. The first-order valence-corrected chi connectivity index (χ1v) is 11.8. The van der Waals surface area contributed by atoms with Gasteiger partial charge >= 0.3 is 0 Å². The van der Waals surface area contributed by atoms with Crippen LogP contribution in [-0.2, 0) is 14.4 Å². The monoisotopic (exact) mass is 485 g/mol. The van der Waals surface area contributed by atoms with Crippen molar-refractivity contribution in [1.82, 2.24) is 15.4 Å². The number of unbranched alkanes of at least 4 members (excludes halogenated alkanes) is 2. The Labute approximate surface area is 207 Å². The lowest BCUT2D eigenvalue weighted by molar-refractivity contribution is -0.130. The molecule has 4 aromatic rings. The van der Waals surface area contributed by atoms with Crippen LogP contribution in [0, 0.1) is 5.92 Å². The Morgan fingerprint density at radius 2 is 1.28 bits per heavy atom. The molecule has 4 rings (SSSR count). The van der Waals surface area contributed by atoms with Gasteiger partial charge in [0.2, 0.25) is 17.7 Å². The molecule has 0 aliphatic rings. The van der Waals surface area contributed by atoms with E-state index in [0.717, 1.165) is 21.8 Å². The number of nitrogens with one attached hydrogen (secondary N) is 3. The number of carbonyl (C=O) groups excluding carboxylic acids is 3. The molecule has 2 aromatic heterocycles. The van der Waals surface area contributed by atoms with Gasteiger partial charge in [-0.2, -0.15) is 0 Å². The number of aromatic nitrogens is 2. The maximum atomic E-state index is 13.2. The molecule has 9 nitrogen and oxygen atoms in total. The molecule has 0 fully saturated rings. The largest absolute Gasteiger partial charge is 0.324 e. The highest BCUT2D eigenvalue weighted by Gasteiger charge is 2.27. The van der Waals surface area contributed by atoms with Crippen LogP contribution in [0.25, 0.3) is 21.8 Å². The van der Waals surface area contributed by atoms with Gasteiger partial charge in [-0.1, -0.05) is 49.2 Å². The number of rotatable bonds is 10. The quantitative estimate of drug-likeness (QED) is 0.114. The molecule has 0 aliphatic heterocycles. The van der Waals surface area contributed by atoms with Crippen molar-refractivity contribution in [3.05, 3.63) is 73.1 Å². The van der Waals surface area contributed by atoms with E-state index < -0.39 is 23.6 Å². The van der Waals surface area contributed by atoms with Crippen molar-refractivity contribution in [2.75, 3.05) is 10.6 Å². The van der Waals surface area contributed by atoms with Crippen molar-refractivity contribution in [3.8, 4) is 0 Å². The molecule has 184 valence electrons. The van der Waals surface area contributed by atoms with Crippen LogP contribution in [0.2, 0.25) is 0 Å². The molecule has 0 unspecified atom stereocenters. The molecule has 0 bridgehead atoms. The van der Waals surface area contributed by atoms with Gasteiger partial charge in [-0.3, -0.25) is 29.6 Å². The maximum Gasteiger partial charge on any atom is 0.243 e. The fourth-order valence-electron chi connectivity index (χ4n) is 3.99. The fraction of sp³-hybridized carbons (Fsp3) is 0.222. The van der Waals surface area contributed by atoms with Gasteiger partial charge < -0.3 is 10.6 Å². The van der Waals surface area contributed by atoms with Gasteiger partial charge in [0.15, 0.2) is 0 Å². The fourth-order valence-corrected chi connectivity index (χ4v) is 3.99. The lowest BCUT2D eigenvalue weighted by Gasteiger charge is -2.17. The van der Waals surface area contributed by atoms with Crippen molar-refractivity contribution < 1.29 is 19.6 Å². The lowest BCUT2D eigenvalue weighted by atomic mass is 9.98. The molecule has 9 heteroatoms. The maximum absolute atomic E-state index is 13.2. The van der Waals surface area contributed by atoms with E-state index in [1.54, 1.807) is 17.9 Å². The molecule has 2 aromatic carbocycles. The molecule has 0 spiro atoms. The van der Waals surface area contributed by atoms with Crippen LogP contribution in [0.15, 0.2) is 73.1 Å². The Hall–Kier alpha value is -4.37. The number of anilines is 2. The average molecular weight is 486 g/mol. The molecule has 0 atom stereocenters. The number of benzene rings is 2. The van der Waals surface area contributed by atoms with E-state index in [9.17, 15) is 14.4 Å². The molecule has 2 heterocycles. The van der Waals surface area contributed by atoms with Gasteiger partial charge in [-0.15, -0.1) is 0 Å². The Kier molecular flexibility index (Phi) is 8.15. The van der Waals surface area contributed by atoms with Crippen molar-refractivity contribution in [3.63, 3.8) is 0 Å². The first-order valence-electron chi connectivity index (χ1n) is 11.8. The van der Waals surface area contributed by atoms with E-state index in [2.05, 4.69) is 20.6 Å². The summed E-state index contributed by atoms with van der Waals surface area (Å²) in [5, 5.41) is 16.0. The van der Waals surface area contributed by atoms with Gasteiger partial charge in [0.1, 0.15) is 5.92 Å². The number of amides is 3. The van der Waals surface area contributed by atoms with Gasteiger partial charge in [0.05, 0.1) is 34.8 Å². The summed E-state index contributed by atoms with van der Waals surface area (Å²) in [4.78, 5) is 46.3. The van der Waals surface area contributed by atoms with E-state index in [4.69, 9.17) is 5.21 Å². The summed E-state index contributed by atoms with van der Waals surface area (Å²) < 4.78 is 0. The number of hydrogen-bond acceptors (Lipinski definition) is 6. The van der Waals surface area contributed by atoms with Crippen LogP contribution < -0.4 is 16.1 Å². The normalized spacial score (nSPS) is 10.9. The highest BCUT2D eigenvalue weighted by molar-refractivity contribution is 6.11. The summed E-state index contributed by atoms with van der Waals surface area (Å²) in [6, 6.07) is 18.7. The zero-order chi connectivity index (χ0) is 25.3. The lowest BCUT2D eigenvalue weighted by Crippen LogP contribution is -2.34. The summed E-state index contributed by atoms with van der Waals surface area (Å²) in [5.41, 5.74) is 4.22. The summed E-state index contributed by atoms with van der Waals surface area (Å²) in [6.07, 6.45) is 5.30. The molecule has 3 amide bonds. The van der Waals surface area contributed by atoms with Crippen molar-refractivity contribution in [1.29, 1.82) is 0 Å². The van der Waals surface area contributed by atoms with Gasteiger partial charge in [-0.05, 0) is 37.1 Å². The Morgan fingerprint density at radius 1 is 0.750 bits per heavy atom. The molecular formula is C27H27N5O4. The van der Waals surface area contributed by atoms with Crippen LogP contribution >= 0.6 is 0 Å². The van der Waals surface area contributed by atoms with Crippen LogP contribution in [0.4, 0.5) is 11.4 Å². The number of hydrogen-bond donors (Lipinski definition) is 4. The van der Waals surface area contributed by atoms with Gasteiger partial charge in [0, 0.05) is 17.2 Å². The number of para-hydroxylation sites is 2. The third-order valence-corrected chi connectivity index (χ3v) is 5.87.